The maximum absolute atomic E-state index is 15.0. The average Bonchev–Trinajstić information content (AvgIpc) is 3.44. The number of carbonyl (C=O) groups is 4. The van der Waals surface area contributed by atoms with Crippen LogP contribution in [-0.2, 0) is 24.5 Å². The first-order chi connectivity index (χ1) is 28.4. The number of fused-ring (bicyclic) bond motifs is 3. The minimum Gasteiger partial charge on any atom is -0.493 e. The molecule has 0 aliphatic heterocycles. The van der Waals surface area contributed by atoms with Gasteiger partial charge in [-0.1, -0.05) is 39.1 Å². The molecule has 12 heteroatoms. The number of hydrogen-bond acceptors (Lipinski definition) is 10. The lowest BCUT2D eigenvalue weighted by atomic mass is 9.82. The Hall–Kier alpha value is -6.30. The number of hydrogen-bond donors (Lipinski definition) is 0. The van der Waals surface area contributed by atoms with Gasteiger partial charge >= 0.3 is 23.9 Å². The second-order valence-electron chi connectivity index (χ2n) is 14.4. The highest BCUT2D eigenvalue weighted by atomic mass is 19.1. The van der Waals surface area contributed by atoms with Crippen LogP contribution >= 0.6 is 0 Å². The van der Waals surface area contributed by atoms with Gasteiger partial charge in [0.05, 0.1) is 37.6 Å². The molecule has 0 atom stereocenters. The van der Waals surface area contributed by atoms with Gasteiger partial charge in [-0.05, 0) is 122 Å². The summed E-state index contributed by atoms with van der Waals surface area (Å²) in [5, 5.41) is 0. The molecule has 0 aromatic heterocycles. The molecule has 0 N–H and O–H groups in total. The molecule has 0 saturated heterocycles. The van der Waals surface area contributed by atoms with Crippen molar-refractivity contribution < 1.29 is 56.4 Å². The molecule has 0 unspecified atom stereocenters. The summed E-state index contributed by atoms with van der Waals surface area (Å²) in [4.78, 5) is 48.3. The molecule has 0 spiro atoms. The van der Waals surface area contributed by atoms with Crippen LogP contribution < -0.4 is 18.9 Å². The Kier molecular flexibility index (Phi) is 15.5. The summed E-state index contributed by atoms with van der Waals surface area (Å²) in [6, 6.07) is 18.4. The lowest BCUT2D eigenvalue weighted by molar-refractivity contribution is -0.138. The van der Waals surface area contributed by atoms with Gasteiger partial charge in [0.25, 0.3) is 0 Å². The Morgan fingerprint density at radius 3 is 1.27 bits per heavy atom. The van der Waals surface area contributed by atoms with Gasteiger partial charge in [-0.3, -0.25) is 0 Å². The topological polar surface area (TPSA) is 124 Å². The second kappa shape index (κ2) is 20.9. The highest BCUT2D eigenvalue weighted by molar-refractivity contribution is 5.93. The molecule has 0 radical (unpaired) electrons. The van der Waals surface area contributed by atoms with Crippen molar-refractivity contribution in [3.8, 4) is 34.1 Å². The number of carbonyl (C=O) groups excluding carboxylic acids is 4. The van der Waals surface area contributed by atoms with Crippen LogP contribution in [0.2, 0.25) is 0 Å². The molecular weight excluding hydrogens is 763 g/mol. The van der Waals surface area contributed by atoms with E-state index in [1.807, 2.05) is 26.0 Å². The Labute approximate surface area is 342 Å². The van der Waals surface area contributed by atoms with Gasteiger partial charge in [0.2, 0.25) is 0 Å². The molecule has 10 nitrogen and oxygen atoms in total. The maximum Gasteiger partial charge on any atom is 0.346 e. The fraction of sp³-hybridized carbons (Fsp3) is 0.319. The first-order valence-electron chi connectivity index (χ1n) is 19.6. The summed E-state index contributed by atoms with van der Waals surface area (Å²) in [7, 11) is 0. The van der Waals surface area contributed by atoms with Crippen LogP contribution in [0.3, 0.4) is 0 Å². The van der Waals surface area contributed by atoms with E-state index in [4.69, 9.17) is 28.4 Å². The fourth-order valence-corrected chi connectivity index (χ4v) is 6.61. The third-order valence-electron chi connectivity index (χ3n) is 9.80. The summed E-state index contributed by atoms with van der Waals surface area (Å²) in [5.41, 5.74) is 2.38. The van der Waals surface area contributed by atoms with Gasteiger partial charge in [-0.25, -0.2) is 28.0 Å². The largest absolute Gasteiger partial charge is 0.493 e. The Morgan fingerprint density at radius 1 is 0.525 bits per heavy atom. The fourth-order valence-electron chi connectivity index (χ4n) is 6.61. The van der Waals surface area contributed by atoms with Gasteiger partial charge in [0.1, 0.15) is 34.6 Å². The summed E-state index contributed by atoms with van der Waals surface area (Å²) in [6.07, 6.45) is 8.51. The zero-order chi connectivity index (χ0) is 42.4. The number of halogens is 2. The van der Waals surface area contributed by atoms with E-state index in [0.29, 0.717) is 26.4 Å². The van der Waals surface area contributed by atoms with Crippen LogP contribution in [0.15, 0.2) is 98.1 Å². The highest BCUT2D eigenvalue weighted by Crippen LogP contribution is 2.50. The lowest BCUT2D eigenvalue weighted by Crippen LogP contribution is -2.16. The Bertz CT molecular complexity index is 2030. The van der Waals surface area contributed by atoms with Crippen LogP contribution in [0, 0.1) is 11.6 Å². The molecule has 4 aromatic rings. The minimum absolute atomic E-state index is 0.229. The third kappa shape index (κ3) is 11.9. The van der Waals surface area contributed by atoms with Crippen molar-refractivity contribution in [2.45, 2.75) is 70.6 Å². The predicted molar refractivity (Wildman–Crippen MR) is 217 cm³/mol. The van der Waals surface area contributed by atoms with Crippen molar-refractivity contribution in [1.82, 2.24) is 0 Å². The van der Waals surface area contributed by atoms with E-state index in [9.17, 15) is 19.2 Å². The molecular formula is C47H48F2O10. The number of rotatable bonds is 22. The number of esters is 4. The molecule has 59 heavy (non-hydrogen) atoms. The third-order valence-corrected chi connectivity index (χ3v) is 9.80. The predicted octanol–water partition coefficient (Wildman–Crippen LogP) is 10.0. The van der Waals surface area contributed by atoms with Gasteiger partial charge in [-0.2, -0.15) is 0 Å². The van der Waals surface area contributed by atoms with Crippen molar-refractivity contribution in [3.63, 3.8) is 0 Å². The molecule has 310 valence electrons. The Balaban J connectivity index is 1.11. The van der Waals surface area contributed by atoms with Crippen molar-refractivity contribution in [3.05, 3.63) is 132 Å². The number of ether oxygens (including phenoxy) is 6. The van der Waals surface area contributed by atoms with E-state index in [1.165, 1.54) is 24.3 Å². The van der Waals surface area contributed by atoms with Gasteiger partial charge in [-0.15, -0.1) is 0 Å². The van der Waals surface area contributed by atoms with E-state index in [-0.39, 0.29) is 34.1 Å². The van der Waals surface area contributed by atoms with Crippen LogP contribution in [0.5, 0.6) is 23.0 Å². The Morgan fingerprint density at radius 2 is 0.898 bits per heavy atom. The van der Waals surface area contributed by atoms with E-state index in [0.717, 1.165) is 97.9 Å². The molecule has 0 amide bonds. The maximum atomic E-state index is 15.0. The summed E-state index contributed by atoms with van der Waals surface area (Å²) in [6.45, 7) is 12.0. The lowest BCUT2D eigenvalue weighted by Gasteiger charge is -2.22. The van der Waals surface area contributed by atoms with Crippen molar-refractivity contribution in [2.75, 3.05) is 26.4 Å². The monoisotopic (exact) mass is 810 g/mol. The van der Waals surface area contributed by atoms with Gasteiger partial charge < -0.3 is 28.4 Å². The molecule has 0 fully saturated rings. The van der Waals surface area contributed by atoms with E-state index in [2.05, 4.69) is 13.2 Å². The minimum atomic E-state index is -0.863. The van der Waals surface area contributed by atoms with Crippen LogP contribution in [0.25, 0.3) is 11.1 Å². The molecule has 4 aromatic carbocycles. The SMILES string of the molecule is C=CC(=O)OCCCCCCOc1ccc(C(=O)Oc2ccc3c(c2)C(C)(C)c2cc(OC(=O)c4ccc(OCCCCCCOC(=O)C=C)cc4F)ccc2-3)c(F)c1. The zero-order valence-corrected chi connectivity index (χ0v) is 33.3. The normalized spacial score (nSPS) is 12.1. The summed E-state index contributed by atoms with van der Waals surface area (Å²) in [5.74, 6) is -3.14. The number of unbranched alkanes of at least 4 members (excludes halogenated alkanes) is 6. The summed E-state index contributed by atoms with van der Waals surface area (Å²) >= 11 is 0. The standard InChI is InChI=1S/C47H48F2O10/c1-5-43(50)56-25-13-9-7-11-23-54-31-15-21-37(41(48)29-31)45(52)58-33-17-19-35-36-20-18-34(28-40(36)47(3,4)39(35)27-33)59-46(53)38-22-16-32(30-42(38)49)55-24-12-8-10-14-26-57-44(51)6-2/h5-6,15-22,27-30H,1-2,7-14,23-26H2,3-4H3. The van der Waals surface area contributed by atoms with Crippen LogP contribution in [0.4, 0.5) is 8.78 Å². The molecule has 5 rings (SSSR count). The number of benzene rings is 4. The van der Waals surface area contributed by atoms with E-state index < -0.39 is 40.9 Å². The van der Waals surface area contributed by atoms with Gasteiger partial charge in [0, 0.05) is 29.7 Å². The smallest absolute Gasteiger partial charge is 0.346 e. The van der Waals surface area contributed by atoms with Crippen LogP contribution in [-0.4, -0.2) is 50.3 Å². The first kappa shape index (κ1) is 43.8. The molecule has 0 saturated carbocycles. The zero-order valence-electron chi connectivity index (χ0n) is 33.3. The van der Waals surface area contributed by atoms with E-state index >= 15 is 8.78 Å². The van der Waals surface area contributed by atoms with Crippen molar-refractivity contribution in [2.24, 2.45) is 0 Å². The molecule has 1 aliphatic carbocycles. The first-order valence-corrected chi connectivity index (χ1v) is 19.6. The van der Waals surface area contributed by atoms with Crippen molar-refractivity contribution in [1.29, 1.82) is 0 Å². The summed E-state index contributed by atoms with van der Waals surface area (Å²) < 4.78 is 62.5. The van der Waals surface area contributed by atoms with Gasteiger partial charge in [0.15, 0.2) is 0 Å². The highest BCUT2D eigenvalue weighted by Gasteiger charge is 2.36. The molecule has 0 bridgehead atoms. The molecule has 1 aliphatic rings. The average molecular weight is 811 g/mol. The van der Waals surface area contributed by atoms with Crippen LogP contribution in [0.1, 0.15) is 97.1 Å². The van der Waals surface area contributed by atoms with E-state index in [1.54, 1.807) is 24.3 Å². The van der Waals surface area contributed by atoms with Crippen molar-refractivity contribution >= 4 is 23.9 Å². The quantitative estimate of drug-likeness (QED) is 0.0328. The molecule has 0 heterocycles. The second-order valence-corrected chi connectivity index (χ2v) is 14.4.